The number of carbonyl (C=O) groups is 3. The summed E-state index contributed by atoms with van der Waals surface area (Å²) in [6.45, 7) is 0.168. The lowest BCUT2D eigenvalue weighted by atomic mass is 10.1. The van der Waals surface area contributed by atoms with Gasteiger partial charge in [-0.15, -0.1) is 0 Å². The maximum atomic E-state index is 10.0. The predicted molar refractivity (Wildman–Crippen MR) is 82.1 cm³/mol. The first-order valence-electron chi connectivity index (χ1n) is 7.43. The summed E-state index contributed by atoms with van der Waals surface area (Å²) in [7, 11) is 0. The van der Waals surface area contributed by atoms with Crippen LogP contribution < -0.4 is 0 Å². The summed E-state index contributed by atoms with van der Waals surface area (Å²) in [5.41, 5.74) is 0. The number of aliphatic carboxylic acids is 3. The van der Waals surface area contributed by atoms with Crippen LogP contribution in [-0.4, -0.2) is 56.2 Å². The third-order valence-corrected chi connectivity index (χ3v) is 2.65. The lowest BCUT2D eigenvalue weighted by Crippen LogP contribution is -2.03. The monoisotopic (exact) mass is 334 g/mol. The van der Waals surface area contributed by atoms with Crippen molar-refractivity contribution >= 4 is 17.9 Å². The number of carboxylic acid groups (broad SMARTS) is 3. The molecular weight excluding hydrogens is 308 g/mol. The number of carboxylic acids is 3. The summed E-state index contributed by atoms with van der Waals surface area (Å²) < 4.78 is 0. The molecule has 8 nitrogen and oxygen atoms in total. The van der Waals surface area contributed by atoms with Gasteiger partial charge in [0.05, 0.1) is 6.10 Å². The Kier molecular flexibility index (Phi) is 16.7. The van der Waals surface area contributed by atoms with Gasteiger partial charge in [-0.3, -0.25) is 9.59 Å². The summed E-state index contributed by atoms with van der Waals surface area (Å²) >= 11 is 0. The van der Waals surface area contributed by atoms with Crippen molar-refractivity contribution in [2.75, 3.05) is 6.61 Å². The summed E-state index contributed by atoms with van der Waals surface area (Å²) in [6.07, 6.45) is 5.47. The highest BCUT2D eigenvalue weighted by Gasteiger charge is 2.00. The minimum atomic E-state index is -1.05. The number of aliphatic hydroxyl groups is 2. The van der Waals surface area contributed by atoms with Gasteiger partial charge in [0.2, 0.25) is 0 Å². The van der Waals surface area contributed by atoms with Crippen molar-refractivity contribution in [2.45, 2.75) is 57.5 Å². The number of unbranched alkanes of at least 4 members (excludes halogenated alkanes) is 3. The third-order valence-electron chi connectivity index (χ3n) is 2.65. The third kappa shape index (κ3) is 25.4. The van der Waals surface area contributed by atoms with Gasteiger partial charge in [0.25, 0.3) is 0 Å². The van der Waals surface area contributed by atoms with Crippen LogP contribution in [0.3, 0.4) is 0 Å². The first-order valence-corrected chi connectivity index (χ1v) is 7.43. The van der Waals surface area contributed by atoms with Gasteiger partial charge in [-0.25, -0.2) is 4.79 Å². The first-order chi connectivity index (χ1) is 10.8. The molecule has 0 aliphatic carbocycles. The van der Waals surface area contributed by atoms with Crippen molar-refractivity contribution in [1.29, 1.82) is 0 Å². The normalized spacial score (nSPS) is 11.6. The van der Waals surface area contributed by atoms with Gasteiger partial charge < -0.3 is 25.5 Å². The second-order valence-electron chi connectivity index (χ2n) is 4.83. The Hall–Kier alpha value is -1.93. The highest BCUT2D eigenvalue weighted by Crippen LogP contribution is 2.04. The first kappa shape index (κ1) is 23.3. The molecule has 0 fully saturated rings. The molecular formula is C15H26O8. The Balaban J connectivity index is 0. The van der Waals surface area contributed by atoms with Crippen molar-refractivity contribution in [3.05, 3.63) is 12.2 Å². The largest absolute Gasteiger partial charge is 0.481 e. The van der Waals surface area contributed by atoms with Crippen LogP contribution in [0.1, 0.15) is 51.4 Å². The highest BCUT2D eigenvalue weighted by molar-refractivity contribution is 5.79. The van der Waals surface area contributed by atoms with Crippen LogP contribution in [0, 0.1) is 0 Å². The van der Waals surface area contributed by atoms with Gasteiger partial charge in [-0.05, 0) is 31.8 Å². The van der Waals surface area contributed by atoms with Gasteiger partial charge >= 0.3 is 17.9 Å². The minimum absolute atomic E-state index is 0.0628. The van der Waals surface area contributed by atoms with Crippen molar-refractivity contribution in [1.82, 2.24) is 0 Å². The Bertz CT molecular complexity index is 348. The molecule has 1 unspecified atom stereocenters. The Labute approximate surface area is 135 Å². The van der Waals surface area contributed by atoms with Gasteiger partial charge in [0, 0.05) is 25.5 Å². The molecule has 5 N–H and O–H groups in total. The molecule has 0 aromatic rings. The van der Waals surface area contributed by atoms with Crippen LogP contribution in [0.2, 0.25) is 0 Å². The average Bonchev–Trinajstić information content (AvgIpc) is 2.46. The van der Waals surface area contributed by atoms with E-state index in [1.165, 1.54) is 6.08 Å². The van der Waals surface area contributed by atoms with Crippen LogP contribution in [0.5, 0.6) is 0 Å². The van der Waals surface area contributed by atoms with Gasteiger partial charge in [0.15, 0.2) is 0 Å². The number of aliphatic hydroxyl groups excluding tert-OH is 2. The van der Waals surface area contributed by atoms with Crippen LogP contribution >= 0.6 is 0 Å². The average molecular weight is 334 g/mol. The number of hydrogen-bond donors (Lipinski definition) is 5. The fourth-order valence-corrected chi connectivity index (χ4v) is 1.48. The van der Waals surface area contributed by atoms with E-state index in [2.05, 4.69) is 0 Å². The molecule has 0 aromatic heterocycles. The van der Waals surface area contributed by atoms with Crippen LogP contribution in [0.15, 0.2) is 12.2 Å². The quantitative estimate of drug-likeness (QED) is 0.264. The van der Waals surface area contributed by atoms with Crippen molar-refractivity contribution in [2.24, 2.45) is 0 Å². The fourth-order valence-electron chi connectivity index (χ4n) is 1.48. The Morgan fingerprint density at radius 3 is 1.74 bits per heavy atom. The van der Waals surface area contributed by atoms with Crippen LogP contribution in [-0.2, 0) is 14.4 Å². The fraction of sp³-hybridized carbons (Fsp3) is 0.667. The van der Waals surface area contributed by atoms with Crippen molar-refractivity contribution in [3.8, 4) is 0 Å². The van der Waals surface area contributed by atoms with Crippen LogP contribution in [0.25, 0.3) is 0 Å². The number of hydrogen-bond acceptors (Lipinski definition) is 5. The topological polar surface area (TPSA) is 152 Å². The molecule has 0 rings (SSSR count). The van der Waals surface area contributed by atoms with Gasteiger partial charge in [-0.2, -0.15) is 0 Å². The maximum Gasteiger partial charge on any atom is 0.328 e. The molecule has 0 bridgehead atoms. The summed E-state index contributed by atoms with van der Waals surface area (Å²) in [5, 5.41) is 42.1. The minimum Gasteiger partial charge on any atom is -0.481 e. The molecule has 0 heterocycles. The molecule has 134 valence electrons. The van der Waals surface area contributed by atoms with E-state index in [1.54, 1.807) is 0 Å². The van der Waals surface area contributed by atoms with Crippen molar-refractivity contribution < 1.29 is 39.9 Å². The lowest BCUT2D eigenvalue weighted by molar-refractivity contribution is -0.139. The highest BCUT2D eigenvalue weighted by atomic mass is 16.4. The summed E-state index contributed by atoms with van der Waals surface area (Å²) in [5.74, 6) is -2.79. The molecule has 0 aliphatic rings. The van der Waals surface area contributed by atoms with E-state index in [9.17, 15) is 19.5 Å². The molecule has 0 spiro atoms. The molecule has 0 radical (unpaired) electrons. The Morgan fingerprint density at radius 2 is 1.35 bits per heavy atom. The number of rotatable bonds is 12. The summed E-state index contributed by atoms with van der Waals surface area (Å²) in [4.78, 5) is 29.8. The Morgan fingerprint density at radius 1 is 0.826 bits per heavy atom. The van der Waals surface area contributed by atoms with E-state index < -0.39 is 24.0 Å². The molecule has 0 amide bonds. The maximum absolute atomic E-state index is 10.0. The molecule has 0 saturated carbocycles. The van der Waals surface area contributed by atoms with E-state index in [0.29, 0.717) is 19.3 Å². The van der Waals surface area contributed by atoms with E-state index >= 15 is 0 Å². The molecule has 0 aliphatic heterocycles. The molecule has 0 saturated heterocycles. The standard InChI is InChI=1S/C9H16O4.C6H10O4/c10-7-3-1-2-4-8(11)5-6-9(12)13;7-5(8)3-1-2-4-6(9)10/h5-6,8,10-11H,1-4,7H2,(H,12,13);1-4H2,(H,7,8)(H,9,10). The zero-order valence-electron chi connectivity index (χ0n) is 13.1. The lowest BCUT2D eigenvalue weighted by Gasteiger charge is -2.03. The van der Waals surface area contributed by atoms with E-state index in [4.69, 9.17) is 20.4 Å². The predicted octanol–water partition coefficient (Wildman–Crippen LogP) is 1.26. The van der Waals surface area contributed by atoms with E-state index in [1.807, 2.05) is 0 Å². The second-order valence-corrected chi connectivity index (χ2v) is 4.83. The summed E-state index contributed by atoms with van der Waals surface area (Å²) in [6, 6.07) is 0. The van der Waals surface area contributed by atoms with Crippen LogP contribution in [0.4, 0.5) is 0 Å². The SMILES string of the molecule is O=C(O)C=CC(O)CCCCCO.O=C(O)CCCCC(=O)O. The smallest absolute Gasteiger partial charge is 0.328 e. The van der Waals surface area contributed by atoms with E-state index in [-0.39, 0.29) is 19.4 Å². The van der Waals surface area contributed by atoms with E-state index in [0.717, 1.165) is 25.3 Å². The van der Waals surface area contributed by atoms with Crippen molar-refractivity contribution in [3.63, 3.8) is 0 Å². The second kappa shape index (κ2) is 16.4. The van der Waals surface area contributed by atoms with Gasteiger partial charge in [0.1, 0.15) is 0 Å². The molecule has 1 atom stereocenters. The zero-order chi connectivity index (χ0) is 18.1. The molecule has 0 aromatic carbocycles. The zero-order valence-corrected chi connectivity index (χ0v) is 13.1. The van der Waals surface area contributed by atoms with Gasteiger partial charge in [-0.1, -0.05) is 12.8 Å². The molecule has 23 heavy (non-hydrogen) atoms. The molecule has 8 heteroatoms.